The van der Waals surface area contributed by atoms with E-state index in [2.05, 4.69) is 4.98 Å². The van der Waals surface area contributed by atoms with Crippen molar-refractivity contribution in [2.45, 2.75) is 57.3 Å². The van der Waals surface area contributed by atoms with E-state index in [0.29, 0.717) is 30.5 Å². The maximum absolute atomic E-state index is 16.7. The number of nitrogens with zero attached hydrogens (tertiary/aromatic N) is 2. The van der Waals surface area contributed by atoms with Gasteiger partial charge in [0.2, 0.25) is 11.5 Å². The second-order valence-electron chi connectivity index (χ2n) is 12.6. The third kappa shape index (κ3) is 4.95. The first-order valence-corrected chi connectivity index (χ1v) is 15.4. The predicted octanol–water partition coefficient (Wildman–Crippen LogP) is 7.97. The monoisotopic (exact) mass is 659 g/mol. The summed E-state index contributed by atoms with van der Waals surface area (Å²) in [6.07, 6.45) is 2.08. The van der Waals surface area contributed by atoms with Gasteiger partial charge in [-0.2, -0.15) is 5.26 Å². The molecular weight excluding hydrogens is 632 g/mol. The lowest BCUT2D eigenvalue weighted by Gasteiger charge is -2.40. The molecule has 1 N–H and O–H groups in total. The number of likely N-dealkylation sites (tertiary alicyclic amines) is 1. The molecule has 0 aliphatic carbocycles. The lowest BCUT2D eigenvalue weighted by Crippen LogP contribution is -2.53. The molecule has 0 spiro atoms. The minimum Gasteiger partial charge on any atom is -0.480 e. The van der Waals surface area contributed by atoms with Crippen LogP contribution in [0.3, 0.4) is 0 Å². The molecule has 4 aromatic rings. The SMILES string of the molecule is CC(C)(C)OC(=O)N1CCC[C@H]1[C@@]1(c2ccccc2)Cc2c(cc(F)c(Cl)c2-c2c(C#N)cc3c(c2F)Oc2c(cc[nH]c2=O)O3)O1. The molecule has 0 unspecified atom stereocenters. The molecule has 12 heteroatoms. The van der Waals surface area contributed by atoms with Crippen molar-refractivity contribution < 1.29 is 32.5 Å². The average molecular weight is 660 g/mol. The van der Waals surface area contributed by atoms with Crippen molar-refractivity contribution >= 4 is 17.7 Å². The van der Waals surface area contributed by atoms with Gasteiger partial charge < -0.3 is 28.8 Å². The van der Waals surface area contributed by atoms with E-state index < -0.39 is 51.3 Å². The number of hydrogen-bond acceptors (Lipinski definition) is 7. The van der Waals surface area contributed by atoms with Crippen molar-refractivity contribution in [2.75, 3.05) is 6.54 Å². The number of H-pyrrole nitrogens is 1. The fourth-order valence-electron chi connectivity index (χ4n) is 6.67. The van der Waals surface area contributed by atoms with Crippen LogP contribution < -0.4 is 19.8 Å². The average Bonchev–Trinajstić information content (AvgIpc) is 3.68. The number of fused-ring (bicyclic) bond motifs is 3. The van der Waals surface area contributed by atoms with Crippen LogP contribution in [-0.4, -0.2) is 34.2 Å². The number of rotatable bonds is 3. The highest BCUT2D eigenvalue weighted by molar-refractivity contribution is 6.34. The molecule has 3 aliphatic rings. The van der Waals surface area contributed by atoms with Crippen LogP contribution in [0.25, 0.3) is 11.1 Å². The zero-order chi connectivity index (χ0) is 33.2. The van der Waals surface area contributed by atoms with Gasteiger partial charge in [-0.25, -0.2) is 13.6 Å². The normalized spacial score (nSPS) is 19.4. The molecular formula is C35H28ClF2N3O6. The van der Waals surface area contributed by atoms with Crippen molar-refractivity contribution in [2.24, 2.45) is 0 Å². The third-order valence-electron chi connectivity index (χ3n) is 8.56. The second-order valence-corrected chi connectivity index (χ2v) is 13.0. The van der Waals surface area contributed by atoms with Crippen LogP contribution in [0, 0.1) is 23.0 Å². The molecule has 0 bridgehead atoms. The van der Waals surface area contributed by atoms with E-state index in [1.807, 2.05) is 36.4 Å². The predicted molar refractivity (Wildman–Crippen MR) is 167 cm³/mol. The Morgan fingerprint density at radius 3 is 2.57 bits per heavy atom. The maximum atomic E-state index is 16.7. The number of carbonyl (C=O) groups is 1. The number of aromatic amines is 1. The number of ether oxygens (including phenoxy) is 4. The summed E-state index contributed by atoms with van der Waals surface area (Å²) in [5, 5.41) is 9.77. The summed E-state index contributed by atoms with van der Waals surface area (Å²) in [5.41, 5.74) is -2.26. The number of hydrogen-bond donors (Lipinski definition) is 1. The highest BCUT2D eigenvalue weighted by Gasteiger charge is 2.54. The Bertz CT molecular complexity index is 2060. The Labute approximate surface area is 273 Å². The molecule has 9 nitrogen and oxygen atoms in total. The molecule has 1 amide bonds. The van der Waals surface area contributed by atoms with Crippen molar-refractivity contribution in [3.8, 4) is 45.9 Å². The van der Waals surface area contributed by atoms with Crippen LogP contribution >= 0.6 is 11.6 Å². The lowest BCUT2D eigenvalue weighted by molar-refractivity contribution is -0.0216. The van der Waals surface area contributed by atoms with Crippen LogP contribution in [-0.2, 0) is 16.8 Å². The standard InChI is InChI=1S/C35H28ClF2N3O6/c1-34(2,3)47-33(43)41-13-7-10-25(41)35(19-8-5-4-6-9-19)16-20-23(46-35)15-21(37)28(36)27(20)26-18(17-39)14-24-30(29(26)38)45-31-22(44-24)11-12-40-32(31)42/h4-6,8-9,11-12,14-15,25H,7,10,13,16H2,1-3H3,(H,40,42)/t25-,35-/m0/s1. The first kappa shape index (κ1) is 30.6. The summed E-state index contributed by atoms with van der Waals surface area (Å²) in [5.74, 6) is -2.73. The van der Waals surface area contributed by atoms with Gasteiger partial charge in [0.15, 0.2) is 22.9 Å². The molecule has 240 valence electrons. The Morgan fingerprint density at radius 1 is 1.09 bits per heavy atom. The van der Waals surface area contributed by atoms with E-state index in [0.717, 1.165) is 6.07 Å². The summed E-state index contributed by atoms with van der Waals surface area (Å²) in [6, 6.07) is 14.5. The molecule has 1 saturated heterocycles. The first-order chi connectivity index (χ1) is 22.4. The molecule has 1 fully saturated rings. The highest BCUT2D eigenvalue weighted by Crippen LogP contribution is 2.55. The van der Waals surface area contributed by atoms with Gasteiger partial charge >= 0.3 is 6.09 Å². The van der Waals surface area contributed by atoms with Crippen molar-refractivity contribution in [1.82, 2.24) is 9.88 Å². The summed E-state index contributed by atoms with van der Waals surface area (Å²) in [4.78, 5) is 30.0. The van der Waals surface area contributed by atoms with E-state index in [1.54, 1.807) is 25.7 Å². The zero-order valence-corrected chi connectivity index (χ0v) is 26.3. The second kappa shape index (κ2) is 11.0. The van der Waals surface area contributed by atoms with E-state index in [4.69, 9.17) is 30.5 Å². The third-order valence-corrected chi connectivity index (χ3v) is 8.93. The molecule has 2 atom stereocenters. The number of nitriles is 1. The highest BCUT2D eigenvalue weighted by atomic mass is 35.5. The Hall–Kier alpha value is -5.08. The van der Waals surface area contributed by atoms with Gasteiger partial charge in [0, 0.05) is 54.1 Å². The number of nitrogens with one attached hydrogen (secondary N) is 1. The van der Waals surface area contributed by atoms with Crippen LogP contribution in [0.5, 0.6) is 28.7 Å². The van der Waals surface area contributed by atoms with Gasteiger partial charge in [-0.15, -0.1) is 0 Å². The summed E-state index contributed by atoms with van der Waals surface area (Å²) in [6.45, 7) is 5.76. The fraction of sp³-hybridized carbons (Fsp3) is 0.286. The quantitative estimate of drug-likeness (QED) is 0.209. The van der Waals surface area contributed by atoms with Crippen LogP contribution in [0.1, 0.15) is 50.3 Å². The Balaban J connectivity index is 1.41. The Morgan fingerprint density at radius 2 is 1.85 bits per heavy atom. The minimum absolute atomic E-state index is 0.0362. The maximum Gasteiger partial charge on any atom is 0.410 e. The molecule has 0 radical (unpaired) electrons. The largest absolute Gasteiger partial charge is 0.480 e. The van der Waals surface area contributed by atoms with Gasteiger partial charge in [-0.05, 0) is 39.2 Å². The van der Waals surface area contributed by atoms with Gasteiger partial charge in [0.05, 0.1) is 16.6 Å². The number of amides is 1. The molecule has 47 heavy (non-hydrogen) atoms. The van der Waals surface area contributed by atoms with E-state index >= 15 is 8.78 Å². The van der Waals surface area contributed by atoms with Crippen molar-refractivity contribution in [1.29, 1.82) is 5.26 Å². The van der Waals surface area contributed by atoms with Crippen LogP contribution in [0.15, 0.2) is 59.5 Å². The smallest absolute Gasteiger partial charge is 0.410 e. The molecule has 3 aromatic carbocycles. The molecule has 4 heterocycles. The fourth-order valence-corrected chi connectivity index (χ4v) is 6.93. The number of halogens is 3. The van der Waals surface area contributed by atoms with Crippen LogP contribution in [0.2, 0.25) is 5.02 Å². The Kier molecular flexibility index (Phi) is 7.17. The topological polar surface area (TPSA) is 114 Å². The van der Waals surface area contributed by atoms with Gasteiger partial charge in [-0.3, -0.25) is 4.79 Å². The van der Waals surface area contributed by atoms with Gasteiger partial charge in [0.25, 0.3) is 5.56 Å². The number of aromatic nitrogens is 1. The van der Waals surface area contributed by atoms with Crippen molar-refractivity contribution in [3.05, 3.63) is 98.4 Å². The van der Waals surface area contributed by atoms with E-state index in [-0.39, 0.29) is 46.1 Å². The van der Waals surface area contributed by atoms with Gasteiger partial charge in [-0.1, -0.05) is 41.9 Å². The summed E-state index contributed by atoms with van der Waals surface area (Å²) in [7, 11) is 0. The first-order valence-electron chi connectivity index (χ1n) is 15.0. The number of pyridine rings is 1. The number of carbonyl (C=O) groups excluding carboxylic acids is 1. The minimum atomic E-state index is -1.24. The van der Waals surface area contributed by atoms with Crippen LogP contribution in [0.4, 0.5) is 13.6 Å². The van der Waals surface area contributed by atoms with Crippen molar-refractivity contribution in [3.63, 3.8) is 0 Å². The zero-order valence-electron chi connectivity index (χ0n) is 25.6. The number of benzene rings is 3. The van der Waals surface area contributed by atoms with E-state index in [1.165, 1.54) is 18.3 Å². The molecule has 3 aliphatic heterocycles. The molecule has 0 saturated carbocycles. The molecule has 7 rings (SSSR count). The lowest BCUT2D eigenvalue weighted by atomic mass is 9.79. The summed E-state index contributed by atoms with van der Waals surface area (Å²) >= 11 is 6.63. The van der Waals surface area contributed by atoms with Gasteiger partial charge in [0.1, 0.15) is 23.2 Å². The molecule has 1 aromatic heterocycles. The van der Waals surface area contributed by atoms with E-state index in [9.17, 15) is 14.9 Å². The summed E-state index contributed by atoms with van der Waals surface area (Å²) < 4.78 is 56.2.